The van der Waals surface area contributed by atoms with Crippen LogP contribution in [-0.4, -0.2) is 28.8 Å². The second kappa shape index (κ2) is 8.40. The predicted octanol–water partition coefficient (Wildman–Crippen LogP) is 1.38. The highest BCUT2D eigenvalue weighted by molar-refractivity contribution is 7.80. The summed E-state index contributed by atoms with van der Waals surface area (Å²) in [7, 11) is 0. The van der Waals surface area contributed by atoms with Gasteiger partial charge in [-0.3, -0.25) is 25.8 Å². The molecule has 0 aliphatic carbocycles. The number of fused-ring (bicyclic) bond motifs is 1. The maximum atomic E-state index is 11.8. The molecule has 1 amide bonds. The molecule has 2 rings (SSSR count). The third-order valence-corrected chi connectivity index (χ3v) is 3.29. The van der Waals surface area contributed by atoms with Crippen LogP contribution in [0.5, 0.6) is 5.75 Å². The van der Waals surface area contributed by atoms with E-state index in [4.69, 9.17) is 21.7 Å². The van der Waals surface area contributed by atoms with Crippen molar-refractivity contribution in [2.24, 2.45) is 0 Å². The van der Waals surface area contributed by atoms with E-state index in [1.54, 1.807) is 0 Å². The lowest BCUT2D eigenvalue weighted by molar-refractivity contribution is -0.385. The molecule has 0 spiro atoms. The predicted molar refractivity (Wildman–Crippen MR) is 94.6 cm³/mol. The number of rotatable bonds is 4. The zero-order valence-electron chi connectivity index (χ0n) is 13.7. The van der Waals surface area contributed by atoms with Crippen molar-refractivity contribution in [3.63, 3.8) is 0 Å². The molecule has 0 unspecified atom stereocenters. The van der Waals surface area contributed by atoms with Gasteiger partial charge in [-0.25, -0.2) is 0 Å². The average Bonchev–Trinajstić information content (AvgIpc) is 2.56. The molecule has 0 bridgehead atoms. The largest absolute Gasteiger partial charge is 0.467 e. The first kappa shape index (κ1) is 18.6. The van der Waals surface area contributed by atoms with Crippen LogP contribution in [0.2, 0.25) is 0 Å². The Morgan fingerprint density at radius 1 is 1.40 bits per heavy atom. The van der Waals surface area contributed by atoms with E-state index in [9.17, 15) is 14.9 Å². The van der Waals surface area contributed by atoms with Crippen molar-refractivity contribution in [1.29, 1.82) is 0 Å². The van der Waals surface area contributed by atoms with Crippen molar-refractivity contribution in [3.8, 4) is 5.75 Å². The Balaban J connectivity index is 2.09. The van der Waals surface area contributed by atoms with Gasteiger partial charge in [-0.2, -0.15) is 0 Å². The second-order valence-electron chi connectivity index (χ2n) is 5.47. The molecular weight excluding hydrogens is 348 g/mol. The number of nitrogens with one attached hydrogen (secondary N) is 3. The van der Waals surface area contributed by atoms with Crippen LogP contribution in [0.1, 0.15) is 25.0 Å². The zero-order chi connectivity index (χ0) is 18.4. The van der Waals surface area contributed by atoms with Crippen LogP contribution in [0.3, 0.4) is 0 Å². The maximum absolute atomic E-state index is 11.8. The molecule has 25 heavy (non-hydrogen) atoms. The van der Waals surface area contributed by atoms with E-state index in [1.807, 2.05) is 13.8 Å². The molecule has 0 fully saturated rings. The topological polar surface area (TPSA) is 115 Å². The van der Waals surface area contributed by atoms with Gasteiger partial charge in [0.1, 0.15) is 5.75 Å². The smallest absolute Gasteiger partial charge is 0.270 e. The second-order valence-corrected chi connectivity index (χ2v) is 5.87. The van der Waals surface area contributed by atoms with Gasteiger partial charge in [-0.05, 0) is 32.1 Å². The standard InChI is InChI=1S/C15H18N4O5S/c1-9(2)16-15(25)18-17-13(20)4-3-10-5-12(19(21)22)6-11-7-23-8-24-14(10)11/h3-6,9H,7-8H2,1-2H3,(H,17,20)(H2,16,18,25)/b4-3+. The van der Waals surface area contributed by atoms with E-state index >= 15 is 0 Å². The van der Waals surface area contributed by atoms with Gasteiger partial charge in [-0.1, -0.05) is 0 Å². The average molecular weight is 366 g/mol. The zero-order valence-corrected chi connectivity index (χ0v) is 14.5. The van der Waals surface area contributed by atoms with Crippen LogP contribution in [0.15, 0.2) is 18.2 Å². The van der Waals surface area contributed by atoms with E-state index in [-0.39, 0.29) is 30.2 Å². The van der Waals surface area contributed by atoms with Crippen LogP contribution < -0.4 is 20.9 Å². The summed E-state index contributed by atoms with van der Waals surface area (Å²) in [6.07, 6.45) is 2.66. The fourth-order valence-corrected chi connectivity index (χ4v) is 2.37. The number of nitro benzene ring substituents is 1. The molecule has 1 heterocycles. The maximum Gasteiger partial charge on any atom is 0.270 e. The number of carbonyl (C=O) groups is 1. The SMILES string of the molecule is CC(C)NC(=S)NNC(=O)/C=C/c1cc([N+](=O)[O-])cc2c1OCOC2. The molecule has 134 valence electrons. The normalized spacial score (nSPS) is 13.1. The van der Waals surface area contributed by atoms with E-state index in [2.05, 4.69) is 16.2 Å². The number of hydrogen-bond donors (Lipinski definition) is 3. The molecule has 1 aromatic rings. The van der Waals surface area contributed by atoms with Crippen molar-refractivity contribution in [2.45, 2.75) is 26.5 Å². The lowest BCUT2D eigenvalue weighted by Crippen LogP contribution is -2.48. The first-order chi connectivity index (χ1) is 11.9. The van der Waals surface area contributed by atoms with Gasteiger partial charge >= 0.3 is 0 Å². The number of nitrogens with zero attached hydrogens (tertiary/aromatic N) is 1. The van der Waals surface area contributed by atoms with Crippen molar-refractivity contribution < 1.29 is 19.2 Å². The number of ether oxygens (including phenoxy) is 2. The minimum absolute atomic E-state index is 0.0501. The van der Waals surface area contributed by atoms with Gasteiger partial charge in [0.25, 0.3) is 11.6 Å². The van der Waals surface area contributed by atoms with E-state index in [0.29, 0.717) is 16.9 Å². The fourth-order valence-electron chi connectivity index (χ4n) is 2.08. The third-order valence-electron chi connectivity index (χ3n) is 3.07. The summed E-state index contributed by atoms with van der Waals surface area (Å²) in [6, 6.07) is 2.86. The lowest BCUT2D eigenvalue weighted by Gasteiger charge is -2.19. The number of amides is 1. The van der Waals surface area contributed by atoms with Gasteiger partial charge in [0.05, 0.1) is 11.5 Å². The molecule has 3 N–H and O–H groups in total. The van der Waals surface area contributed by atoms with E-state index in [0.717, 1.165) is 0 Å². The fraction of sp³-hybridized carbons (Fsp3) is 0.333. The van der Waals surface area contributed by atoms with E-state index < -0.39 is 10.8 Å². The third kappa shape index (κ3) is 5.40. The lowest BCUT2D eigenvalue weighted by atomic mass is 10.1. The van der Waals surface area contributed by atoms with Gasteiger partial charge in [0.15, 0.2) is 11.9 Å². The highest BCUT2D eigenvalue weighted by atomic mass is 32.1. The van der Waals surface area contributed by atoms with Crippen LogP contribution in [0.25, 0.3) is 6.08 Å². The summed E-state index contributed by atoms with van der Waals surface area (Å²) < 4.78 is 10.5. The molecule has 1 aliphatic rings. The molecule has 0 saturated heterocycles. The number of benzene rings is 1. The Bertz CT molecular complexity index is 720. The number of thiocarbonyl (C=S) groups is 1. The molecule has 0 radical (unpaired) electrons. The summed E-state index contributed by atoms with van der Waals surface area (Å²) in [5.41, 5.74) is 5.82. The van der Waals surface area contributed by atoms with Gasteiger partial charge in [0.2, 0.25) is 0 Å². The number of carbonyl (C=O) groups excluding carboxylic acids is 1. The number of hydrogen-bond acceptors (Lipinski definition) is 6. The first-order valence-corrected chi connectivity index (χ1v) is 7.84. The number of hydrazine groups is 1. The van der Waals surface area contributed by atoms with Crippen LogP contribution in [0, 0.1) is 10.1 Å². The van der Waals surface area contributed by atoms with Gasteiger partial charge in [0, 0.05) is 35.4 Å². The Hall–Kier alpha value is -2.72. The molecule has 1 aromatic carbocycles. The first-order valence-electron chi connectivity index (χ1n) is 7.43. The molecular formula is C15H18N4O5S. The highest BCUT2D eigenvalue weighted by Gasteiger charge is 2.19. The number of non-ortho nitro benzene ring substituents is 1. The molecule has 0 saturated carbocycles. The Kier molecular flexibility index (Phi) is 6.25. The minimum Gasteiger partial charge on any atom is -0.467 e. The van der Waals surface area contributed by atoms with Crippen molar-refractivity contribution in [2.75, 3.05) is 6.79 Å². The molecule has 9 nitrogen and oxygen atoms in total. The van der Waals surface area contributed by atoms with Crippen molar-refractivity contribution in [1.82, 2.24) is 16.2 Å². The Morgan fingerprint density at radius 2 is 2.16 bits per heavy atom. The molecule has 10 heteroatoms. The number of nitro groups is 1. The highest BCUT2D eigenvalue weighted by Crippen LogP contribution is 2.33. The minimum atomic E-state index is -0.510. The Labute approximate surface area is 149 Å². The van der Waals surface area contributed by atoms with Crippen molar-refractivity contribution >= 4 is 35.0 Å². The molecule has 1 aliphatic heterocycles. The van der Waals surface area contributed by atoms with Crippen molar-refractivity contribution in [3.05, 3.63) is 39.4 Å². The molecule has 0 atom stereocenters. The van der Waals surface area contributed by atoms with Crippen LogP contribution in [0.4, 0.5) is 5.69 Å². The van der Waals surface area contributed by atoms with Gasteiger partial charge in [-0.15, -0.1) is 0 Å². The van der Waals surface area contributed by atoms with E-state index in [1.165, 1.54) is 24.3 Å². The van der Waals surface area contributed by atoms with Crippen LogP contribution >= 0.6 is 12.2 Å². The summed E-state index contributed by atoms with van der Waals surface area (Å²) in [5.74, 6) is -0.00826. The summed E-state index contributed by atoms with van der Waals surface area (Å²) in [4.78, 5) is 22.4. The summed E-state index contributed by atoms with van der Waals surface area (Å²) in [5, 5.41) is 14.2. The summed E-state index contributed by atoms with van der Waals surface area (Å²) in [6.45, 7) is 4.07. The Morgan fingerprint density at radius 3 is 2.84 bits per heavy atom. The monoisotopic (exact) mass is 366 g/mol. The summed E-state index contributed by atoms with van der Waals surface area (Å²) >= 11 is 4.98. The van der Waals surface area contributed by atoms with Gasteiger partial charge < -0.3 is 14.8 Å². The quantitative estimate of drug-likeness (QED) is 0.317. The molecule has 0 aromatic heterocycles. The van der Waals surface area contributed by atoms with Crippen LogP contribution in [-0.2, 0) is 16.1 Å².